The summed E-state index contributed by atoms with van der Waals surface area (Å²) in [7, 11) is 0. The quantitative estimate of drug-likeness (QED) is 0.608. The van der Waals surface area contributed by atoms with Gasteiger partial charge in [0.2, 0.25) is 0 Å². The molecule has 98 valence electrons. The van der Waals surface area contributed by atoms with Crippen molar-refractivity contribution in [3.8, 4) is 0 Å². The van der Waals surface area contributed by atoms with Gasteiger partial charge in [-0.15, -0.1) is 0 Å². The van der Waals surface area contributed by atoms with Crippen LogP contribution >= 0.6 is 0 Å². The molecular formula is C14H20N2O2. The fourth-order valence-electron chi connectivity index (χ4n) is 2.45. The minimum absolute atomic E-state index is 0.173. The van der Waals surface area contributed by atoms with Crippen LogP contribution in [-0.4, -0.2) is 22.9 Å². The summed E-state index contributed by atoms with van der Waals surface area (Å²) in [4.78, 5) is 12.7. The molecule has 4 heteroatoms. The molecular weight excluding hydrogens is 228 g/mol. The molecule has 1 aromatic carbocycles. The lowest BCUT2D eigenvalue weighted by atomic mass is 10.1. The summed E-state index contributed by atoms with van der Waals surface area (Å²) in [5.41, 5.74) is 1.34. The molecule has 0 aliphatic carbocycles. The lowest BCUT2D eigenvalue weighted by Crippen LogP contribution is -2.26. The van der Waals surface area contributed by atoms with Gasteiger partial charge in [-0.2, -0.15) is 0 Å². The zero-order chi connectivity index (χ0) is 12.8. The van der Waals surface area contributed by atoms with Crippen LogP contribution in [0.2, 0.25) is 0 Å². The topological polar surface area (TPSA) is 46.4 Å². The summed E-state index contributed by atoms with van der Waals surface area (Å²) < 4.78 is 0. The number of nitro groups is 1. The van der Waals surface area contributed by atoms with E-state index in [1.807, 2.05) is 12.1 Å². The summed E-state index contributed by atoms with van der Waals surface area (Å²) >= 11 is 0. The van der Waals surface area contributed by atoms with Gasteiger partial charge in [0.1, 0.15) is 0 Å². The van der Waals surface area contributed by atoms with Gasteiger partial charge in [0.25, 0.3) is 5.69 Å². The maximum atomic E-state index is 10.6. The van der Waals surface area contributed by atoms with Crippen molar-refractivity contribution in [3.05, 3.63) is 39.9 Å². The number of hydrogen-bond donors (Lipinski definition) is 0. The minimum atomic E-state index is -0.347. The van der Waals surface area contributed by atoms with Gasteiger partial charge in [0.15, 0.2) is 0 Å². The molecule has 2 rings (SSSR count). The Labute approximate surface area is 108 Å². The molecule has 0 spiro atoms. The maximum Gasteiger partial charge on any atom is 0.269 e. The number of rotatable bonds is 3. The smallest absolute Gasteiger partial charge is 0.269 e. The molecule has 0 bridgehead atoms. The standard InChI is InChI=1S/C14H20N2O2/c17-16(18)14-8-6-13(7-9-14)12-15-10-4-2-1-3-5-11-15/h6-9H,1-5,10-12H2. The lowest BCUT2D eigenvalue weighted by Gasteiger charge is -2.24. The highest BCUT2D eigenvalue weighted by molar-refractivity contribution is 5.32. The number of nitro benzene ring substituents is 1. The van der Waals surface area contributed by atoms with Crippen molar-refractivity contribution in [1.82, 2.24) is 4.90 Å². The van der Waals surface area contributed by atoms with Gasteiger partial charge in [-0.25, -0.2) is 0 Å². The van der Waals surface area contributed by atoms with Crippen LogP contribution in [0.3, 0.4) is 0 Å². The third-order valence-electron chi connectivity index (χ3n) is 3.50. The first-order valence-corrected chi connectivity index (χ1v) is 6.71. The van der Waals surface area contributed by atoms with Gasteiger partial charge in [0, 0.05) is 18.7 Å². The molecule has 0 radical (unpaired) electrons. The van der Waals surface area contributed by atoms with Crippen LogP contribution in [0.15, 0.2) is 24.3 Å². The second-order valence-electron chi connectivity index (χ2n) is 4.97. The van der Waals surface area contributed by atoms with Gasteiger partial charge in [-0.05, 0) is 31.5 Å². The Hall–Kier alpha value is -1.42. The summed E-state index contributed by atoms with van der Waals surface area (Å²) in [6, 6.07) is 6.94. The average molecular weight is 248 g/mol. The summed E-state index contributed by atoms with van der Waals surface area (Å²) in [5, 5.41) is 10.6. The van der Waals surface area contributed by atoms with Gasteiger partial charge in [0.05, 0.1) is 4.92 Å². The van der Waals surface area contributed by atoms with E-state index in [2.05, 4.69) is 4.90 Å². The van der Waals surface area contributed by atoms with Gasteiger partial charge in [-0.3, -0.25) is 15.0 Å². The number of hydrogen-bond acceptors (Lipinski definition) is 3. The molecule has 0 N–H and O–H groups in total. The predicted octanol–water partition coefficient (Wildman–Crippen LogP) is 3.36. The van der Waals surface area contributed by atoms with Crippen molar-refractivity contribution in [3.63, 3.8) is 0 Å². The molecule has 1 fully saturated rings. The van der Waals surface area contributed by atoms with E-state index >= 15 is 0 Å². The molecule has 0 amide bonds. The van der Waals surface area contributed by atoms with Crippen LogP contribution in [0.5, 0.6) is 0 Å². The van der Waals surface area contributed by atoms with Crippen molar-refractivity contribution >= 4 is 5.69 Å². The minimum Gasteiger partial charge on any atom is -0.299 e. The van der Waals surface area contributed by atoms with Gasteiger partial charge in [-0.1, -0.05) is 31.4 Å². The van der Waals surface area contributed by atoms with Gasteiger partial charge >= 0.3 is 0 Å². The van der Waals surface area contributed by atoms with Gasteiger partial charge < -0.3 is 0 Å². The SMILES string of the molecule is O=[N+]([O-])c1ccc(CN2CCCCCCC2)cc1. The van der Waals surface area contributed by atoms with Crippen molar-refractivity contribution < 1.29 is 4.92 Å². The second-order valence-corrected chi connectivity index (χ2v) is 4.97. The van der Waals surface area contributed by atoms with Crippen LogP contribution in [0, 0.1) is 10.1 Å². The molecule has 18 heavy (non-hydrogen) atoms. The normalized spacial score (nSPS) is 18.0. The Kier molecular flexibility index (Phi) is 4.70. The molecule has 1 aliphatic heterocycles. The average Bonchev–Trinajstić information content (AvgIpc) is 2.33. The number of non-ortho nitro benzene ring substituents is 1. The van der Waals surface area contributed by atoms with Crippen LogP contribution in [0.1, 0.15) is 37.7 Å². The van der Waals surface area contributed by atoms with E-state index in [-0.39, 0.29) is 10.6 Å². The van der Waals surface area contributed by atoms with E-state index in [0.717, 1.165) is 19.6 Å². The summed E-state index contributed by atoms with van der Waals surface area (Å²) in [6.45, 7) is 3.21. The summed E-state index contributed by atoms with van der Waals surface area (Å²) in [6.07, 6.45) is 6.57. The predicted molar refractivity (Wildman–Crippen MR) is 71.5 cm³/mol. The molecule has 0 saturated carbocycles. The molecule has 0 atom stereocenters. The first kappa shape index (κ1) is 13.0. The van der Waals surface area contributed by atoms with E-state index < -0.39 is 0 Å². The first-order chi connectivity index (χ1) is 8.75. The van der Waals surface area contributed by atoms with E-state index in [1.54, 1.807) is 12.1 Å². The Balaban J connectivity index is 1.92. The van der Waals surface area contributed by atoms with E-state index in [9.17, 15) is 10.1 Å². The molecule has 0 unspecified atom stereocenters. The molecule has 1 heterocycles. The number of likely N-dealkylation sites (tertiary alicyclic amines) is 1. The van der Waals surface area contributed by atoms with Crippen molar-refractivity contribution in [2.45, 2.75) is 38.6 Å². The lowest BCUT2D eigenvalue weighted by molar-refractivity contribution is -0.384. The van der Waals surface area contributed by atoms with E-state index in [1.165, 1.54) is 37.7 Å². The van der Waals surface area contributed by atoms with Crippen LogP contribution < -0.4 is 0 Å². The fraction of sp³-hybridized carbons (Fsp3) is 0.571. The highest BCUT2D eigenvalue weighted by atomic mass is 16.6. The third-order valence-corrected chi connectivity index (χ3v) is 3.50. The molecule has 1 aliphatic rings. The van der Waals surface area contributed by atoms with Crippen molar-refractivity contribution in [2.24, 2.45) is 0 Å². The Morgan fingerprint density at radius 2 is 1.56 bits per heavy atom. The van der Waals surface area contributed by atoms with Crippen molar-refractivity contribution in [1.29, 1.82) is 0 Å². The molecule has 4 nitrogen and oxygen atoms in total. The van der Waals surface area contributed by atoms with E-state index in [4.69, 9.17) is 0 Å². The fourth-order valence-corrected chi connectivity index (χ4v) is 2.45. The first-order valence-electron chi connectivity index (χ1n) is 6.71. The second kappa shape index (κ2) is 6.50. The highest BCUT2D eigenvalue weighted by Gasteiger charge is 2.10. The molecule has 0 aromatic heterocycles. The summed E-state index contributed by atoms with van der Waals surface area (Å²) in [5.74, 6) is 0. The van der Waals surface area contributed by atoms with Crippen molar-refractivity contribution in [2.75, 3.05) is 13.1 Å². The Morgan fingerprint density at radius 3 is 2.11 bits per heavy atom. The highest BCUT2D eigenvalue weighted by Crippen LogP contribution is 2.16. The Bertz CT molecular complexity index is 381. The number of benzene rings is 1. The molecule has 1 aromatic rings. The monoisotopic (exact) mass is 248 g/mol. The Morgan fingerprint density at radius 1 is 1.00 bits per heavy atom. The largest absolute Gasteiger partial charge is 0.299 e. The number of nitrogens with zero attached hydrogens (tertiary/aromatic N) is 2. The zero-order valence-corrected chi connectivity index (χ0v) is 10.7. The van der Waals surface area contributed by atoms with Crippen LogP contribution in [0.25, 0.3) is 0 Å². The third kappa shape index (κ3) is 3.81. The molecule has 1 saturated heterocycles. The zero-order valence-electron chi connectivity index (χ0n) is 10.7. The van der Waals surface area contributed by atoms with Crippen LogP contribution in [0.4, 0.5) is 5.69 Å². The maximum absolute atomic E-state index is 10.6. The van der Waals surface area contributed by atoms with Crippen LogP contribution in [-0.2, 0) is 6.54 Å². The van der Waals surface area contributed by atoms with E-state index in [0.29, 0.717) is 0 Å².